The molecule has 94 valence electrons. The molecule has 3 nitrogen and oxygen atoms in total. The number of ether oxygens (including phenoxy) is 2. The van der Waals surface area contributed by atoms with Crippen molar-refractivity contribution in [2.24, 2.45) is 5.41 Å². The number of hydrogen-bond acceptors (Lipinski definition) is 3. The van der Waals surface area contributed by atoms with Gasteiger partial charge < -0.3 is 14.8 Å². The fourth-order valence-electron chi connectivity index (χ4n) is 2.84. The Morgan fingerprint density at radius 1 is 1.18 bits per heavy atom. The lowest BCUT2D eigenvalue weighted by atomic mass is 10.0. The number of methoxy groups -OCH3 is 2. The summed E-state index contributed by atoms with van der Waals surface area (Å²) in [5, 5.41) is 3.37. The van der Waals surface area contributed by atoms with E-state index in [-0.39, 0.29) is 5.41 Å². The minimum absolute atomic E-state index is 0.272. The third-order valence-corrected chi connectivity index (χ3v) is 3.91. The molecule has 0 aromatic heterocycles. The van der Waals surface area contributed by atoms with Crippen molar-refractivity contribution < 1.29 is 9.47 Å². The van der Waals surface area contributed by atoms with Crippen molar-refractivity contribution in [3.63, 3.8) is 0 Å². The molecule has 1 fully saturated rings. The molecule has 2 unspecified atom stereocenters. The first-order valence-corrected chi connectivity index (χ1v) is 5.95. The lowest BCUT2D eigenvalue weighted by Crippen LogP contribution is -2.14. The molecule has 2 rings (SSSR count). The van der Waals surface area contributed by atoms with Crippen LogP contribution >= 0.6 is 0 Å². The maximum absolute atomic E-state index is 5.45. The van der Waals surface area contributed by atoms with E-state index in [0.29, 0.717) is 12.0 Å². The highest BCUT2D eigenvalue weighted by atomic mass is 16.5. The van der Waals surface area contributed by atoms with Crippen molar-refractivity contribution >= 4 is 0 Å². The smallest absolute Gasteiger partial charge is 0.122 e. The summed E-state index contributed by atoms with van der Waals surface area (Å²) in [6, 6.07) is 6.51. The largest absolute Gasteiger partial charge is 0.497 e. The van der Waals surface area contributed by atoms with Gasteiger partial charge in [0, 0.05) is 17.5 Å². The molecule has 1 N–H and O–H groups in total. The molecule has 1 aliphatic carbocycles. The van der Waals surface area contributed by atoms with E-state index in [2.05, 4.69) is 25.2 Å². The monoisotopic (exact) mass is 235 g/mol. The van der Waals surface area contributed by atoms with Crippen molar-refractivity contribution in [1.29, 1.82) is 0 Å². The van der Waals surface area contributed by atoms with Crippen LogP contribution in [-0.4, -0.2) is 27.3 Å². The number of hydrogen-bond donors (Lipinski definition) is 1. The van der Waals surface area contributed by atoms with Crippen LogP contribution in [0.5, 0.6) is 11.5 Å². The second kappa shape index (κ2) is 4.22. The Hall–Kier alpha value is -1.22. The molecule has 0 bridgehead atoms. The van der Waals surface area contributed by atoms with E-state index >= 15 is 0 Å². The van der Waals surface area contributed by atoms with Crippen molar-refractivity contribution in [2.75, 3.05) is 21.3 Å². The van der Waals surface area contributed by atoms with Gasteiger partial charge in [-0.05, 0) is 30.7 Å². The number of benzene rings is 1. The lowest BCUT2D eigenvalue weighted by molar-refractivity contribution is 0.397. The summed E-state index contributed by atoms with van der Waals surface area (Å²) in [6.45, 7) is 4.55. The molecule has 2 atom stereocenters. The summed E-state index contributed by atoms with van der Waals surface area (Å²) < 4.78 is 10.7. The molecule has 17 heavy (non-hydrogen) atoms. The van der Waals surface area contributed by atoms with Gasteiger partial charge in [0.1, 0.15) is 11.5 Å². The van der Waals surface area contributed by atoms with E-state index in [0.717, 1.165) is 11.5 Å². The topological polar surface area (TPSA) is 30.5 Å². The van der Waals surface area contributed by atoms with E-state index in [4.69, 9.17) is 9.47 Å². The first-order valence-electron chi connectivity index (χ1n) is 5.95. The van der Waals surface area contributed by atoms with Gasteiger partial charge in [-0.25, -0.2) is 0 Å². The highest BCUT2D eigenvalue weighted by molar-refractivity contribution is 5.48. The minimum atomic E-state index is 0.272. The molecule has 1 aromatic rings. The predicted molar refractivity (Wildman–Crippen MR) is 68.9 cm³/mol. The third kappa shape index (κ3) is 1.89. The average Bonchev–Trinajstić information content (AvgIpc) is 2.89. The van der Waals surface area contributed by atoms with Crippen LogP contribution in [0, 0.1) is 5.41 Å². The van der Waals surface area contributed by atoms with E-state index in [1.807, 2.05) is 19.2 Å². The normalized spacial score (nSPS) is 25.5. The van der Waals surface area contributed by atoms with E-state index in [9.17, 15) is 0 Å². The molecule has 0 aliphatic heterocycles. The SMILES string of the molecule is CNC1C(c2cc(OC)ccc2OC)C1(C)C. The second-order valence-corrected chi connectivity index (χ2v) is 5.17. The van der Waals surface area contributed by atoms with Gasteiger partial charge in [-0.2, -0.15) is 0 Å². The van der Waals surface area contributed by atoms with Gasteiger partial charge in [0.25, 0.3) is 0 Å². The third-order valence-electron chi connectivity index (χ3n) is 3.91. The summed E-state index contributed by atoms with van der Waals surface area (Å²) in [5.74, 6) is 2.32. The molecule has 0 spiro atoms. The van der Waals surface area contributed by atoms with Gasteiger partial charge in [0.15, 0.2) is 0 Å². The van der Waals surface area contributed by atoms with Gasteiger partial charge in [-0.1, -0.05) is 13.8 Å². The molecular weight excluding hydrogens is 214 g/mol. The number of nitrogens with one attached hydrogen (secondary N) is 1. The zero-order valence-electron chi connectivity index (χ0n) is 11.2. The molecule has 1 aromatic carbocycles. The van der Waals surface area contributed by atoms with E-state index < -0.39 is 0 Å². The van der Waals surface area contributed by atoms with Gasteiger partial charge >= 0.3 is 0 Å². The molecule has 1 saturated carbocycles. The predicted octanol–water partition coefficient (Wildman–Crippen LogP) is 2.42. The van der Waals surface area contributed by atoms with Crippen LogP contribution < -0.4 is 14.8 Å². The molecule has 1 aliphatic rings. The average molecular weight is 235 g/mol. The van der Waals surface area contributed by atoms with Gasteiger partial charge in [-0.15, -0.1) is 0 Å². The summed E-state index contributed by atoms with van der Waals surface area (Å²) in [5.41, 5.74) is 1.50. The Morgan fingerprint density at radius 2 is 1.88 bits per heavy atom. The number of rotatable bonds is 4. The lowest BCUT2D eigenvalue weighted by Gasteiger charge is -2.11. The van der Waals surface area contributed by atoms with Crippen LogP contribution in [-0.2, 0) is 0 Å². The Bertz CT molecular complexity index is 415. The molecule has 0 heterocycles. The standard InChI is InChI=1S/C14H21NO2/c1-14(2)12(13(14)15-3)10-8-9(16-4)6-7-11(10)17-5/h6-8,12-13,15H,1-5H3. The Kier molecular flexibility index (Phi) is 3.04. The molecular formula is C14H21NO2. The van der Waals surface area contributed by atoms with Crippen LogP contribution in [0.15, 0.2) is 18.2 Å². The van der Waals surface area contributed by atoms with Crippen LogP contribution in [0.4, 0.5) is 0 Å². The fraction of sp³-hybridized carbons (Fsp3) is 0.571. The Balaban J connectivity index is 2.38. The Morgan fingerprint density at radius 3 is 2.35 bits per heavy atom. The first-order chi connectivity index (χ1) is 8.06. The maximum Gasteiger partial charge on any atom is 0.122 e. The molecule has 0 amide bonds. The zero-order chi connectivity index (χ0) is 12.6. The van der Waals surface area contributed by atoms with E-state index in [1.54, 1.807) is 14.2 Å². The number of likely N-dealkylation sites (N-methyl/N-ethyl adjacent to an activating group) is 1. The van der Waals surface area contributed by atoms with Crippen LogP contribution in [0.2, 0.25) is 0 Å². The van der Waals surface area contributed by atoms with Crippen LogP contribution in [0.25, 0.3) is 0 Å². The van der Waals surface area contributed by atoms with Crippen molar-refractivity contribution in [3.05, 3.63) is 23.8 Å². The molecule has 0 saturated heterocycles. The van der Waals surface area contributed by atoms with Crippen LogP contribution in [0.1, 0.15) is 25.3 Å². The van der Waals surface area contributed by atoms with Crippen molar-refractivity contribution in [1.82, 2.24) is 5.32 Å². The van der Waals surface area contributed by atoms with E-state index in [1.165, 1.54) is 5.56 Å². The zero-order valence-corrected chi connectivity index (χ0v) is 11.2. The second-order valence-electron chi connectivity index (χ2n) is 5.17. The quantitative estimate of drug-likeness (QED) is 0.869. The highest BCUT2D eigenvalue weighted by Gasteiger charge is 2.58. The fourth-order valence-corrected chi connectivity index (χ4v) is 2.84. The first kappa shape index (κ1) is 12.2. The Labute approximate surface area is 103 Å². The maximum atomic E-state index is 5.45. The van der Waals surface area contributed by atoms with Gasteiger partial charge in [0.2, 0.25) is 0 Å². The summed E-state index contributed by atoms with van der Waals surface area (Å²) in [7, 11) is 5.42. The van der Waals surface area contributed by atoms with Crippen molar-refractivity contribution in [2.45, 2.75) is 25.8 Å². The minimum Gasteiger partial charge on any atom is -0.497 e. The summed E-state index contributed by atoms with van der Waals surface area (Å²) in [4.78, 5) is 0. The van der Waals surface area contributed by atoms with Crippen molar-refractivity contribution in [3.8, 4) is 11.5 Å². The van der Waals surface area contributed by atoms with Gasteiger partial charge in [0.05, 0.1) is 14.2 Å². The van der Waals surface area contributed by atoms with Crippen LogP contribution in [0.3, 0.4) is 0 Å². The summed E-state index contributed by atoms with van der Waals surface area (Å²) >= 11 is 0. The van der Waals surface area contributed by atoms with Gasteiger partial charge in [-0.3, -0.25) is 0 Å². The molecule has 3 heteroatoms. The molecule has 0 radical (unpaired) electrons. The summed E-state index contributed by atoms with van der Waals surface area (Å²) in [6.07, 6.45) is 0. The highest BCUT2D eigenvalue weighted by Crippen LogP contribution is 2.60.